The van der Waals surface area contributed by atoms with Crippen molar-refractivity contribution in [3.05, 3.63) is 11.8 Å². The molecule has 0 saturated carbocycles. The molecule has 1 aliphatic heterocycles. The summed E-state index contributed by atoms with van der Waals surface area (Å²) in [6.45, 7) is 0.552. The van der Waals surface area contributed by atoms with Crippen molar-refractivity contribution in [2.75, 3.05) is 26.1 Å². The van der Waals surface area contributed by atoms with Gasteiger partial charge in [-0.2, -0.15) is 18.3 Å². The summed E-state index contributed by atoms with van der Waals surface area (Å²) < 4.78 is 49.3. The fraction of sp³-hybridized carbons (Fsp3) is 0.700. The van der Waals surface area contributed by atoms with Crippen LogP contribution in [0.4, 0.5) is 19.0 Å². The third-order valence-electron chi connectivity index (χ3n) is 2.87. The number of halogens is 3. The lowest BCUT2D eigenvalue weighted by Gasteiger charge is -2.30. The van der Waals surface area contributed by atoms with Crippen molar-refractivity contribution in [3.63, 3.8) is 0 Å². The number of ether oxygens (including phenoxy) is 2. The first-order valence-corrected chi connectivity index (χ1v) is 5.43. The average molecular weight is 265 g/mol. The van der Waals surface area contributed by atoms with Gasteiger partial charge in [-0.3, -0.25) is 0 Å². The number of fused-ring (bicyclic) bond motifs is 1. The summed E-state index contributed by atoms with van der Waals surface area (Å²) in [6.07, 6.45) is -4.49. The number of anilines is 1. The summed E-state index contributed by atoms with van der Waals surface area (Å²) in [4.78, 5) is 0. The zero-order valence-corrected chi connectivity index (χ0v) is 9.99. The molecule has 102 valence electrons. The van der Waals surface area contributed by atoms with E-state index in [1.165, 1.54) is 18.9 Å². The number of hydrogen-bond acceptors (Lipinski definition) is 4. The van der Waals surface area contributed by atoms with Crippen LogP contribution in [0.2, 0.25) is 0 Å². The monoisotopic (exact) mass is 265 g/mol. The lowest BCUT2D eigenvalue weighted by atomic mass is 10.1. The lowest BCUT2D eigenvalue weighted by Crippen LogP contribution is -2.34. The molecule has 0 bridgehead atoms. The molecule has 1 unspecified atom stereocenters. The van der Waals surface area contributed by atoms with Crippen LogP contribution in [-0.4, -0.2) is 36.8 Å². The van der Waals surface area contributed by atoms with E-state index in [9.17, 15) is 13.2 Å². The van der Waals surface area contributed by atoms with Gasteiger partial charge < -0.3 is 14.8 Å². The summed E-state index contributed by atoms with van der Waals surface area (Å²) in [7, 11) is 2.90. The molecule has 0 radical (unpaired) electrons. The van der Waals surface area contributed by atoms with E-state index >= 15 is 0 Å². The quantitative estimate of drug-likeness (QED) is 0.848. The Morgan fingerprint density at radius 1 is 1.44 bits per heavy atom. The van der Waals surface area contributed by atoms with Crippen LogP contribution >= 0.6 is 0 Å². The van der Waals surface area contributed by atoms with Crippen molar-refractivity contribution < 1.29 is 22.6 Å². The van der Waals surface area contributed by atoms with Crippen LogP contribution in [0.5, 0.6) is 0 Å². The molecule has 8 heteroatoms. The van der Waals surface area contributed by atoms with Gasteiger partial charge in [-0.25, -0.2) is 4.68 Å². The Hall–Kier alpha value is -1.28. The first-order chi connectivity index (χ1) is 8.47. The minimum absolute atomic E-state index is 0.331. The summed E-state index contributed by atoms with van der Waals surface area (Å²) >= 11 is 0. The number of methoxy groups -OCH3 is 2. The Morgan fingerprint density at radius 3 is 2.67 bits per heavy atom. The van der Waals surface area contributed by atoms with Crippen molar-refractivity contribution in [3.8, 4) is 0 Å². The van der Waals surface area contributed by atoms with Crippen molar-refractivity contribution >= 4 is 5.82 Å². The van der Waals surface area contributed by atoms with Crippen molar-refractivity contribution in [2.24, 2.45) is 0 Å². The minimum Gasteiger partial charge on any atom is -0.370 e. The number of aromatic nitrogens is 2. The fourth-order valence-corrected chi connectivity index (χ4v) is 2.05. The van der Waals surface area contributed by atoms with Gasteiger partial charge in [0, 0.05) is 26.8 Å². The van der Waals surface area contributed by atoms with E-state index in [1.807, 2.05) is 0 Å². The van der Waals surface area contributed by atoms with Crippen molar-refractivity contribution in [1.82, 2.24) is 9.78 Å². The maximum Gasteiger partial charge on any atom is 0.435 e. The molecule has 0 amide bonds. The van der Waals surface area contributed by atoms with Crippen LogP contribution < -0.4 is 5.32 Å². The van der Waals surface area contributed by atoms with Crippen LogP contribution in [0.1, 0.15) is 18.2 Å². The predicted octanol–water partition coefficient (Wildman–Crippen LogP) is 1.88. The van der Waals surface area contributed by atoms with E-state index in [0.717, 1.165) is 6.07 Å². The normalized spacial score (nSPS) is 19.8. The fourth-order valence-electron chi connectivity index (χ4n) is 2.05. The predicted molar refractivity (Wildman–Crippen MR) is 57.2 cm³/mol. The molecule has 1 N–H and O–H groups in total. The third-order valence-corrected chi connectivity index (χ3v) is 2.87. The number of hydrogen-bond donors (Lipinski definition) is 1. The van der Waals surface area contributed by atoms with E-state index in [2.05, 4.69) is 10.4 Å². The number of alkyl halides is 3. The molecule has 1 aromatic rings. The summed E-state index contributed by atoms with van der Waals surface area (Å²) in [6, 6.07) is 0.626. The summed E-state index contributed by atoms with van der Waals surface area (Å²) in [5, 5.41) is 6.47. The maximum atomic E-state index is 12.6. The molecule has 0 aliphatic carbocycles. The van der Waals surface area contributed by atoms with E-state index < -0.39 is 18.2 Å². The Morgan fingerprint density at radius 2 is 2.11 bits per heavy atom. The van der Waals surface area contributed by atoms with Gasteiger partial charge in [0.15, 0.2) is 12.0 Å². The van der Waals surface area contributed by atoms with Gasteiger partial charge in [0.2, 0.25) is 0 Å². The molecule has 18 heavy (non-hydrogen) atoms. The van der Waals surface area contributed by atoms with E-state index in [-0.39, 0.29) is 6.04 Å². The van der Waals surface area contributed by atoms with E-state index in [4.69, 9.17) is 9.47 Å². The smallest absolute Gasteiger partial charge is 0.370 e. The molecule has 1 aliphatic rings. The van der Waals surface area contributed by atoms with Crippen molar-refractivity contribution in [2.45, 2.75) is 24.9 Å². The number of nitrogens with zero attached hydrogens (tertiary/aromatic N) is 2. The Kier molecular flexibility index (Phi) is 3.49. The van der Waals surface area contributed by atoms with Gasteiger partial charge >= 0.3 is 6.18 Å². The second-order valence-electron chi connectivity index (χ2n) is 3.98. The van der Waals surface area contributed by atoms with Gasteiger partial charge in [0.1, 0.15) is 11.9 Å². The van der Waals surface area contributed by atoms with Crippen LogP contribution in [0.25, 0.3) is 0 Å². The van der Waals surface area contributed by atoms with Crippen LogP contribution in [-0.2, 0) is 15.7 Å². The molecule has 2 rings (SSSR count). The highest BCUT2D eigenvalue weighted by Gasteiger charge is 2.38. The molecular formula is C10H14F3N3O2. The molecule has 0 spiro atoms. The molecule has 0 saturated heterocycles. The van der Waals surface area contributed by atoms with E-state index in [1.54, 1.807) is 0 Å². The van der Waals surface area contributed by atoms with E-state index in [0.29, 0.717) is 18.8 Å². The van der Waals surface area contributed by atoms with Gasteiger partial charge in [-0.05, 0) is 6.42 Å². The Balaban J connectivity index is 2.34. The molecule has 1 aromatic heterocycles. The third kappa shape index (κ3) is 2.30. The number of nitrogens with one attached hydrogen (secondary N) is 1. The zero-order valence-electron chi connectivity index (χ0n) is 9.99. The summed E-state index contributed by atoms with van der Waals surface area (Å²) in [5.74, 6) is 0.331. The average Bonchev–Trinajstić information content (AvgIpc) is 2.75. The van der Waals surface area contributed by atoms with Gasteiger partial charge in [0.05, 0.1) is 0 Å². The van der Waals surface area contributed by atoms with Crippen LogP contribution in [0.3, 0.4) is 0 Å². The Labute approximate surface area is 102 Å². The molecule has 1 atom stereocenters. The highest BCUT2D eigenvalue weighted by atomic mass is 19.4. The largest absolute Gasteiger partial charge is 0.435 e. The SMILES string of the molecule is COC(OC)C1CCNc2cc(C(F)(F)F)nn21. The molecule has 0 fully saturated rings. The van der Waals surface area contributed by atoms with Gasteiger partial charge in [0.25, 0.3) is 0 Å². The second kappa shape index (κ2) is 4.77. The van der Waals surface area contributed by atoms with Crippen molar-refractivity contribution in [1.29, 1.82) is 0 Å². The molecule has 5 nitrogen and oxygen atoms in total. The number of rotatable bonds is 3. The minimum atomic E-state index is -4.45. The molecule has 2 heterocycles. The van der Waals surface area contributed by atoms with Crippen LogP contribution in [0.15, 0.2) is 6.07 Å². The first kappa shape index (κ1) is 13.2. The Bertz CT molecular complexity index is 415. The van der Waals surface area contributed by atoms with Crippen LogP contribution in [0, 0.1) is 0 Å². The maximum absolute atomic E-state index is 12.6. The van der Waals surface area contributed by atoms with Gasteiger partial charge in [-0.15, -0.1) is 0 Å². The summed E-state index contributed by atoms with van der Waals surface area (Å²) in [5.41, 5.74) is -0.914. The second-order valence-corrected chi connectivity index (χ2v) is 3.98. The highest BCUT2D eigenvalue weighted by Crippen LogP contribution is 2.34. The molecular weight excluding hydrogens is 251 g/mol. The lowest BCUT2D eigenvalue weighted by molar-refractivity contribution is -0.145. The highest BCUT2D eigenvalue weighted by molar-refractivity contribution is 5.40. The first-order valence-electron chi connectivity index (χ1n) is 5.43. The van der Waals surface area contributed by atoms with Gasteiger partial charge in [-0.1, -0.05) is 0 Å². The zero-order chi connectivity index (χ0) is 13.3. The molecule has 0 aromatic carbocycles. The standard InChI is InChI=1S/C10H14F3N3O2/c1-17-9(18-2)6-3-4-14-8-5-7(10(11,12)13)15-16(6)8/h5-6,9,14H,3-4H2,1-2H3. The topological polar surface area (TPSA) is 48.3 Å².